The summed E-state index contributed by atoms with van der Waals surface area (Å²) in [4.78, 5) is 12.0. The molecule has 1 aliphatic carbocycles. The molecule has 0 unspecified atom stereocenters. The van der Waals surface area contributed by atoms with Gasteiger partial charge in [0.05, 0.1) is 6.07 Å². The minimum absolute atomic E-state index is 0.152. The van der Waals surface area contributed by atoms with E-state index in [0.717, 1.165) is 12.8 Å². The van der Waals surface area contributed by atoms with Gasteiger partial charge in [0.25, 0.3) is 0 Å². The van der Waals surface area contributed by atoms with Crippen molar-refractivity contribution in [1.29, 1.82) is 5.26 Å². The number of phenols is 1. The molecule has 1 amide bonds. The number of nitriles is 1. The van der Waals surface area contributed by atoms with E-state index in [9.17, 15) is 9.18 Å². The molecule has 0 aromatic heterocycles. The number of halogens is 1. The predicted molar refractivity (Wildman–Crippen MR) is 66.4 cm³/mol. The highest BCUT2D eigenvalue weighted by molar-refractivity contribution is 5.85. The molecule has 1 aromatic rings. The first-order valence-electron chi connectivity index (χ1n) is 6.24. The molecule has 100 valence electrons. The van der Waals surface area contributed by atoms with Gasteiger partial charge in [-0.2, -0.15) is 5.26 Å². The summed E-state index contributed by atoms with van der Waals surface area (Å²) in [5.41, 5.74) is -0.370. The van der Waals surface area contributed by atoms with E-state index in [1.807, 2.05) is 0 Å². The Kier molecular flexibility index (Phi) is 3.70. The molecule has 0 heterocycles. The number of benzene rings is 1. The van der Waals surface area contributed by atoms with Gasteiger partial charge in [0.2, 0.25) is 5.91 Å². The Morgan fingerprint density at radius 2 is 2.16 bits per heavy atom. The Bertz CT molecular complexity index is 531. The number of amides is 1. The maximum Gasteiger partial charge on any atom is 0.240 e. The van der Waals surface area contributed by atoms with E-state index < -0.39 is 17.0 Å². The number of rotatable bonds is 3. The van der Waals surface area contributed by atoms with Crippen molar-refractivity contribution in [2.45, 2.75) is 32.2 Å². The lowest BCUT2D eigenvalue weighted by molar-refractivity contribution is -0.128. The van der Waals surface area contributed by atoms with Crippen molar-refractivity contribution in [3.05, 3.63) is 29.6 Å². The van der Waals surface area contributed by atoms with E-state index in [1.54, 1.807) is 0 Å². The maximum atomic E-state index is 13.1. The minimum Gasteiger partial charge on any atom is -0.505 e. The second kappa shape index (κ2) is 5.27. The van der Waals surface area contributed by atoms with E-state index in [1.165, 1.54) is 18.2 Å². The van der Waals surface area contributed by atoms with Crippen LogP contribution in [-0.2, 0) is 11.3 Å². The number of phenolic OH excluding ortho intramolecular Hbond substituents is 1. The largest absolute Gasteiger partial charge is 0.505 e. The normalized spacial score (nSPS) is 16.8. The first-order valence-corrected chi connectivity index (χ1v) is 6.24. The van der Waals surface area contributed by atoms with Gasteiger partial charge in [-0.1, -0.05) is 18.9 Å². The molecule has 0 bridgehead atoms. The molecule has 5 heteroatoms. The van der Waals surface area contributed by atoms with Crippen LogP contribution in [-0.4, -0.2) is 11.0 Å². The van der Waals surface area contributed by atoms with Crippen LogP contribution in [0.5, 0.6) is 5.75 Å². The third-order valence-corrected chi connectivity index (χ3v) is 3.57. The highest BCUT2D eigenvalue weighted by atomic mass is 19.1. The average molecular weight is 262 g/mol. The molecule has 1 saturated carbocycles. The number of nitrogens with zero attached hydrogens (tertiary/aromatic N) is 1. The molecule has 19 heavy (non-hydrogen) atoms. The van der Waals surface area contributed by atoms with Crippen molar-refractivity contribution in [3.8, 4) is 11.8 Å². The number of hydrogen-bond donors (Lipinski definition) is 2. The standard InChI is InChI=1S/C14H15FN2O2/c15-11-7-10(3-4-12(11)18)8-17-13(19)14(9-16)5-1-2-6-14/h3-4,7,18H,1-2,5-6,8H2,(H,17,19). The van der Waals surface area contributed by atoms with Gasteiger partial charge in [-0.25, -0.2) is 4.39 Å². The van der Waals surface area contributed by atoms with Crippen LogP contribution >= 0.6 is 0 Å². The second-order valence-corrected chi connectivity index (χ2v) is 4.87. The van der Waals surface area contributed by atoms with Crippen LogP contribution in [0.1, 0.15) is 31.2 Å². The molecule has 0 spiro atoms. The summed E-state index contributed by atoms with van der Waals surface area (Å²) >= 11 is 0. The fraction of sp³-hybridized carbons (Fsp3) is 0.429. The summed E-state index contributed by atoms with van der Waals surface area (Å²) < 4.78 is 13.1. The molecule has 1 aliphatic rings. The van der Waals surface area contributed by atoms with Crippen LogP contribution in [0.4, 0.5) is 4.39 Å². The first kappa shape index (κ1) is 13.3. The van der Waals surface area contributed by atoms with Gasteiger partial charge < -0.3 is 10.4 Å². The Balaban J connectivity index is 2.00. The number of carbonyl (C=O) groups excluding carboxylic acids is 1. The number of carbonyl (C=O) groups is 1. The third kappa shape index (κ3) is 2.68. The molecular weight excluding hydrogens is 247 g/mol. The number of aromatic hydroxyl groups is 1. The van der Waals surface area contributed by atoms with Crippen LogP contribution in [0.2, 0.25) is 0 Å². The van der Waals surface area contributed by atoms with Crippen molar-refractivity contribution >= 4 is 5.91 Å². The zero-order valence-corrected chi connectivity index (χ0v) is 10.4. The Morgan fingerprint density at radius 1 is 1.47 bits per heavy atom. The van der Waals surface area contributed by atoms with Gasteiger partial charge in [0.15, 0.2) is 11.6 Å². The first-order chi connectivity index (χ1) is 9.07. The van der Waals surface area contributed by atoms with E-state index in [2.05, 4.69) is 11.4 Å². The van der Waals surface area contributed by atoms with Crippen molar-refractivity contribution in [3.63, 3.8) is 0 Å². The molecule has 1 fully saturated rings. The number of hydrogen-bond acceptors (Lipinski definition) is 3. The molecule has 0 saturated heterocycles. The van der Waals surface area contributed by atoms with Gasteiger partial charge in [0, 0.05) is 6.54 Å². The average Bonchev–Trinajstić information content (AvgIpc) is 2.90. The molecule has 0 radical (unpaired) electrons. The third-order valence-electron chi connectivity index (χ3n) is 3.57. The molecule has 0 aliphatic heterocycles. The summed E-state index contributed by atoms with van der Waals surface area (Å²) in [6, 6.07) is 6.05. The Labute approximate surface area is 110 Å². The molecule has 2 N–H and O–H groups in total. The van der Waals surface area contributed by atoms with Crippen molar-refractivity contribution in [2.75, 3.05) is 0 Å². The fourth-order valence-corrected chi connectivity index (χ4v) is 2.38. The monoisotopic (exact) mass is 262 g/mol. The summed E-state index contributed by atoms with van der Waals surface area (Å²) in [7, 11) is 0. The van der Waals surface area contributed by atoms with E-state index in [4.69, 9.17) is 10.4 Å². The number of nitrogens with one attached hydrogen (secondary N) is 1. The Morgan fingerprint density at radius 3 is 2.74 bits per heavy atom. The SMILES string of the molecule is N#CC1(C(=O)NCc2ccc(O)c(F)c2)CCCC1. The summed E-state index contributed by atoms with van der Waals surface area (Å²) in [6.45, 7) is 0.152. The fourth-order valence-electron chi connectivity index (χ4n) is 2.38. The predicted octanol–water partition coefficient (Wildman–Crippen LogP) is 2.23. The van der Waals surface area contributed by atoms with Crippen LogP contribution < -0.4 is 5.32 Å². The van der Waals surface area contributed by atoms with Crippen LogP contribution in [0.25, 0.3) is 0 Å². The van der Waals surface area contributed by atoms with Crippen LogP contribution in [0, 0.1) is 22.6 Å². The van der Waals surface area contributed by atoms with Gasteiger partial charge >= 0.3 is 0 Å². The van der Waals surface area contributed by atoms with Gasteiger partial charge in [-0.15, -0.1) is 0 Å². The highest BCUT2D eigenvalue weighted by Crippen LogP contribution is 2.37. The van der Waals surface area contributed by atoms with E-state index in [0.29, 0.717) is 18.4 Å². The van der Waals surface area contributed by atoms with Gasteiger partial charge in [-0.05, 0) is 30.5 Å². The lowest BCUT2D eigenvalue weighted by Gasteiger charge is -2.19. The minimum atomic E-state index is -0.921. The van der Waals surface area contributed by atoms with E-state index in [-0.39, 0.29) is 12.5 Å². The lowest BCUT2D eigenvalue weighted by Crippen LogP contribution is -2.37. The molecule has 0 atom stereocenters. The zero-order valence-electron chi connectivity index (χ0n) is 10.4. The maximum absolute atomic E-state index is 13.1. The van der Waals surface area contributed by atoms with Crippen LogP contribution in [0.15, 0.2) is 18.2 Å². The van der Waals surface area contributed by atoms with Crippen molar-refractivity contribution in [1.82, 2.24) is 5.32 Å². The Hall–Kier alpha value is -2.09. The van der Waals surface area contributed by atoms with Crippen LogP contribution in [0.3, 0.4) is 0 Å². The van der Waals surface area contributed by atoms with Gasteiger partial charge in [-0.3, -0.25) is 4.79 Å². The molecule has 1 aromatic carbocycles. The smallest absolute Gasteiger partial charge is 0.240 e. The van der Waals surface area contributed by atoms with Crippen molar-refractivity contribution in [2.24, 2.45) is 5.41 Å². The highest BCUT2D eigenvalue weighted by Gasteiger charge is 2.41. The molecule has 2 rings (SSSR count). The second-order valence-electron chi connectivity index (χ2n) is 4.87. The summed E-state index contributed by atoms with van der Waals surface area (Å²) in [6.07, 6.45) is 2.93. The van der Waals surface area contributed by atoms with Gasteiger partial charge in [0.1, 0.15) is 5.41 Å². The van der Waals surface area contributed by atoms with Crippen molar-refractivity contribution < 1.29 is 14.3 Å². The quantitative estimate of drug-likeness (QED) is 0.877. The summed E-state index contributed by atoms with van der Waals surface area (Å²) in [5, 5.41) is 20.9. The molecular formula is C14H15FN2O2. The molecule has 4 nitrogen and oxygen atoms in total. The lowest BCUT2D eigenvalue weighted by atomic mass is 9.87. The summed E-state index contributed by atoms with van der Waals surface area (Å²) in [5.74, 6) is -1.43. The zero-order chi connectivity index (χ0) is 13.9. The van der Waals surface area contributed by atoms with E-state index >= 15 is 0 Å². The topological polar surface area (TPSA) is 73.1 Å².